The number of nitrogens with zero attached hydrogens (tertiary/aromatic N) is 4. The maximum Gasteiger partial charge on any atom is 0.155 e. The number of aryl methyl sites for hydroxylation is 2. The van der Waals surface area contributed by atoms with Crippen LogP contribution in [-0.4, -0.2) is 49.8 Å². The lowest BCUT2D eigenvalue weighted by Gasteiger charge is -2.39. The molecule has 1 aliphatic heterocycles. The van der Waals surface area contributed by atoms with Crippen LogP contribution in [0.2, 0.25) is 0 Å². The molecule has 1 saturated heterocycles. The molecule has 0 aromatic carbocycles. The van der Waals surface area contributed by atoms with Crippen molar-refractivity contribution >= 4 is 17.6 Å². The minimum atomic E-state index is -0.216. The van der Waals surface area contributed by atoms with E-state index in [9.17, 15) is 0 Å². The van der Waals surface area contributed by atoms with Gasteiger partial charge in [-0.15, -0.1) is 0 Å². The lowest BCUT2D eigenvalue weighted by Crippen LogP contribution is -2.50. The van der Waals surface area contributed by atoms with Gasteiger partial charge in [-0.25, -0.2) is 0 Å². The van der Waals surface area contributed by atoms with Gasteiger partial charge in [0.2, 0.25) is 0 Å². The van der Waals surface area contributed by atoms with E-state index in [1.54, 1.807) is 11.8 Å². The molecule has 2 rings (SSSR count). The molecule has 2 heterocycles. The SMILES string of the molecule is CCn1nc(C)cc1CN1CCC(SC)(C(N)=NO)CC1. The van der Waals surface area contributed by atoms with Crippen LogP contribution in [0.5, 0.6) is 0 Å². The molecule has 21 heavy (non-hydrogen) atoms. The molecule has 1 aromatic heterocycles. The molecular weight excluding hydrogens is 286 g/mol. The highest BCUT2D eigenvalue weighted by Gasteiger charge is 2.38. The van der Waals surface area contributed by atoms with E-state index in [1.807, 2.05) is 13.2 Å². The minimum Gasteiger partial charge on any atom is -0.409 e. The summed E-state index contributed by atoms with van der Waals surface area (Å²) in [7, 11) is 0. The standard InChI is InChI=1S/C14H25N5OS/c1-4-19-12(9-11(2)16-19)10-18-7-5-14(21-3,6-8-18)13(15)17-20/h9,20H,4-8,10H2,1-3H3,(H2,15,17). The van der Waals surface area contributed by atoms with Crippen molar-refractivity contribution in [2.75, 3.05) is 19.3 Å². The summed E-state index contributed by atoms with van der Waals surface area (Å²) in [6.07, 6.45) is 3.84. The fourth-order valence-corrected chi connectivity index (χ4v) is 3.80. The Morgan fingerprint density at radius 1 is 1.52 bits per heavy atom. The summed E-state index contributed by atoms with van der Waals surface area (Å²) in [6.45, 7) is 7.85. The maximum absolute atomic E-state index is 8.98. The second-order valence-electron chi connectivity index (χ2n) is 5.55. The molecule has 1 aromatic rings. The first-order chi connectivity index (χ1) is 10.0. The topological polar surface area (TPSA) is 79.7 Å². The van der Waals surface area contributed by atoms with Crippen molar-refractivity contribution in [3.05, 3.63) is 17.5 Å². The van der Waals surface area contributed by atoms with E-state index in [4.69, 9.17) is 10.9 Å². The molecule has 0 atom stereocenters. The molecule has 0 saturated carbocycles. The van der Waals surface area contributed by atoms with E-state index >= 15 is 0 Å². The van der Waals surface area contributed by atoms with Gasteiger partial charge in [-0.1, -0.05) is 5.16 Å². The fourth-order valence-electron chi connectivity index (χ4n) is 2.96. The summed E-state index contributed by atoms with van der Waals surface area (Å²) < 4.78 is 1.85. The van der Waals surface area contributed by atoms with Crippen LogP contribution in [0.25, 0.3) is 0 Å². The molecule has 0 bridgehead atoms. The summed E-state index contributed by atoms with van der Waals surface area (Å²) in [5.41, 5.74) is 8.21. The first-order valence-corrected chi connectivity index (χ1v) is 8.56. The van der Waals surface area contributed by atoms with Gasteiger partial charge in [-0.3, -0.25) is 9.58 Å². The zero-order chi connectivity index (χ0) is 15.5. The number of hydrogen-bond acceptors (Lipinski definition) is 5. The Balaban J connectivity index is 2.01. The Bertz CT molecular complexity index is 505. The summed E-state index contributed by atoms with van der Waals surface area (Å²) in [5.74, 6) is 0.351. The molecule has 0 spiro atoms. The molecule has 1 fully saturated rings. The second-order valence-corrected chi connectivity index (χ2v) is 6.74. The molecule has 6 nitrogen and oxygen atoms in total. The van der Waals surface area contributed by atoms with E-state index in [-0.39, 0.29) is 4.75 Å². The van der Waals surface area contributed by atoms with Gasteiger partial charge in [0.15, 0.2) is 5.84 Å². The molecule has 0 unspecified atom stereocenters. The molecule has 0 amide bonds. The molecule has 118 valence electrons. The number of amidine groups is 1. The van der Waals surface area contributed by atoms with Gasteiger partial charge in [-0.2, -0.15) is 16.9 Å². The molecule has 7 heteroatoms. The second kappa shape index (κ2) is 6.70. The number of hydrogen-bond donors (Lipinski definition) is 2. The Kier molecular flexibility index (Phi) is 5.16. The highest BCUT2D eigenvalue weighted by Crippen LogP contribution is 2.35. The third-order valence-electron chi connectivity index (χ3n) is 4.30. The van der Waals surface area contributed by atoms with Crippen molar-refractivity contribution < 1.29 is 5.21 Å². The Morgan fingerprint density at radius 2 is 2.19 bits per heavy atom. The lowest BCUT2D eigenvalue weighted by atomic mass is 9.94. The van der Waals surface area contributed by atoms with E-state index in [0.29, 0.717) is 5.84 Å². The molecule has 1 aliphatic rings. The van der Waals surface area contributed by atoms with Crippen LogP contribution in [-0.2, 0) is 13.1 Å². The van der Waals surface area contributed by atoms with Gasteiger partial charge < -0.3 is 10.9 Å². The van der Waals surface area contributed by atoms with Crippen LogP contribution in [0.1, 0.15) is 31.2 Å². The predicted octanol–water partition coefficient (Wildman–Crippen LogP) is 1.66. The number of likely N-dealkylation sites (tertiary alicyclic amines) is 1. The van der Waals surface area contributed by atoms with Gasteiger partial charge >= 0.3 is 0 Å². The monoisotopic (exact) mass is 311 g/mol. The van der Waals surface area contributed by atoms with Gasteiger partial charge in [0.25, 0.3) is 0 Å². The number of aromatic nitrogens is 2. The largest absolute Gasteiger partial charge is 0.409 e. The highest BCUT2D eigenvalue weighted by atomic mass is 32.2. The normalized spacial score (nSPS) is 19.9. The molecule has 3 N–H and O–H groups in total. The van der Waals surface area contributed by atoms with Crippen LogP contribution in [0.3, 0.4) is 0 Å². The van der Waals surface area contributed by atoms with Crippen molar-refractivity contribution in [3.63, 3.8) is 0 Å². The number of oxime groups is 1. The third-order valence-corrected chi connectivity index (χ3v) is 5.70. The maximum atomic E-state index is 8.98. The van der Waals surface area contributed by atoms with E-state index in [0.717, 1.165) is 44.7 Å². The van der Waals surface area contributed by atoms with Crippen molar-refractivity contribution in [2.24, 2.45) is 10.9 Å². The highest BCUT2D eigenvalue weighted by molar-refractivity contribution is 8.00. The van der Waals surface area contributed by atoms with E-state index < -0.39 is 0 Å². The number of piperidine rings is 1. The average Bonchev–Trinajstić information content (AvgIpc) is 2.87. The van der Waals surface area contributed by atoms with Gasteiger partial charge in [0, 0.05) is 26.2 Å². The molecule has 0 aliphatic carbocycles. The first kappa shape index (κ1) is 16.2. The third kappa shape index (κ3) is 3.35. The Morgan fingerprint density at radius 3 is 2.71 bits per heavy atom. The molecular formula is C14H25N5OS. The van der Waals surface area contributed by atoms with Crippen LogP contribution in [0.15, 0.2) is 11.2 Å². The molecule has 0 radical (unpaired) electrons. The zero-order valence-corrected chi connectivity index (χ0v) is 13.9. The summed E-state index contributed by atoms with van der Waals surface area (Å²) in [5, 5.41) is 16.7. The Hall–Kier alpha value is -1.21. The average molecular weight is 311 g/mol. The van der Waals surface area contributed by atoms with Gasteiger partial charge in [-0.05, 0) is 39.0 Å². The van der Waals surface area contributed by atoms with Crippen molar-refractivity contribution in [1.29, 1.82) is 0 Å². The van der Waals surface area contributed by atoms with Crippen LogP contribution >= 0.6 is 11.8 Å². The number of rotatable bonds is 5. The van der Waals surface area contributed by atoms with E-state index in [2.05, 4.69) is 32.8 Å². The van der Waals surface area contributed by atoms with Crippen molar-refractivity contribution in [2.45, 2.75) is 44.5 Å². The Labute approximate surface area is 130 Å². The van der Waals surface area contributed by atoms with Crippen LogP contribution in [0.4, 0.5) is 0 Å². The van der Waals surface area contributed by atoms with Crippen molar-refractivity contribution in [1.82, 2.24) is 14.7 Å². The summed E-state index contributed by atoms with van der Waals surface area (Å²) in [4.78, 5) is 2.42. The van der Waals surface area contributed by atoms with Gasteiger partial charge in [0.1, 0.15) is 0 Å². The predicted molar refractivity (Wildman–Crippen MR) is 86.8 cm³/mol. The number of thioether (sulfide) groups is 1. The van der Waals surface area contributed by atoms with Crippen LogP contribution in [0, 0.1) is 6.92 Å². The smallest absolute Gasteiger partial charge is 0.155 e. The zero-order valence-electron chi connectivity index (χ0n) is 13.0. The lowest BCUT2D eigenvalue weighted by molar-refractivity contribution is 0.204. The van der Waals surface area contributed by atoms with Gasteiger partial charge in [0.05, 0.1) is 16.1 Å². The van der Waals surface area contributed by atoms with Crippen molar-refractivity contribution in [3.8, 4) is 0 Å². The fraction of sp³-hybridized carbons (Fsp3) is 0.714. The summed E-state index contributed by atoms with van der Waals surface area (Å²) >= 11 is 1.69. The first-order valence-electron chi connectivity index (χ1n) is 7.33. The van der Waals surface area contributed by atoms with E-state index in [1.165, 1.54) is 5.69 Å². The minimum absolute atomic E-state index is 0.216. The summed E-state index contributed by atoms with van der Waals surface area (Å²) in [6, 6.07) is 2.16. The van der Waals surface area contributed by atoms with Crippen LogP contribution < -0.4 is 5.73 Å². The number of nitrogens with two attached hydrogens (primary N) is 1. The quantitative estimate of drug-likeness (QED) is 0.374.